The third kappa shape index (κ3) is 4.66. The summed E-state index contributed by atoms with van der Waals surface area (Å²) in [5.74, 6) is 0.00163. The van der Waals surface area contributed by atoms with Crippen LogP contribution in [0, 0.1) is 0 Å². The van der Waals surface area contributed by atoms with E-state index >= 15 is 0 Å². The smallest absolute Gasteiger partial charge is 0.253 e. The molecular formula is C13H20BrN3O. The fraction of sp³-hybridized carbons (Fsp3) is 0.462. The zero-order valence-corrected chi connectivity index (χ0v) is 12.7. The predicted octanol–water partition coefficient (Wildman–Crippen LogP) is 2.05. The number of hydrogen-bond donors (Lipinski definition) is 1. The number of carbonyl (C=O) groups excluding carboxylic acids is 1. The maximum atomic E-state index is 12.2. The summed E-state index contributed by atoms with van der Waals surface area (Å²) in [5, 5.41) is 0. The van der Waals surface area contributed by atoms with Crippen LogP contribution in [-0.4, -0.2) is 49.9 Å². The minimum absolute atomic E-state index is 0.00163. The van der Waals surface area contributed by atoms with Crippen LogP contribution in [-0.2, 0) is 0 Å². The summed E-state index contributed by atoms with van der Waals surface area (Å²) < 4.78 is 0.826. The van der Waals surface area contributed by atoms with Crippen LogP contribution in [0.15, 0.2) is 22.7 Å². The molecule has 4 nitrogen and oxygen atoms in total. The van der Waals surface area contributed by atoms with Gasteiger partial charge in [-0.3, -0.25) is 4.79 Å². The molecule has 5 heteroatoms. The van der Waals surface area contributed by atoms with Crippen molar-refractivity contribution in [2.45, 2.75) is 6.42 Å². The molecule has 0 saturated heterocycles. The Morgan fingerprint density at radius 3 is 2.44 bits per heavy atom. The molecule has 0 aliphatic carbocycles. The van der Waals surface area contributed by atoms with Gasteiger partial charge in [0.25, 0.3) is 5.91 Å². The number of nitrogens with two attached hydrogens (primary N) is 1. The highest BCUT2D eigenvalue weighted by molar-refractivity contribution is 9.10. The fourth-order valence-corrected chi connectivity index (χ4v) is 2.19. The highest BCUT2D eigenvalue weighted by Gasteiger charge is 2.12. The van der Waals surface area contributed by atoms with Crippen molar-refractivity contribution in [2.75, 3.05) is 40.0 Å². The second kappa shape index (κ2) is 6.75. The molecule has 0 aliphatic heterocycles. The largest absolute Gasteiger partial charge is 0.399 e. The summed E-state index contributed by atoms with van der Waals surface area (Å²) in [6, 6.07) is 5.28. The van der Waals surface area contributed by atoms with E-state index in [1.54, 1.807) is 23.1 Å². The monoisotopic (exact) mass is 313 g/mol. The maximum Gasteiger partial charge on any atom is 0.253 e. The van der Waals surface area contributed by atoms with Crippen molar-refractivity contribution in [1.29, 1.82) is 0 Å². The molecule has 1 aromatic carbocycles. The highest BCUT2D eigenvalue weighted by Crippen LogP contribution is 2.18. The van der Waals surface area contributed by atoms with E-state index in [1.165, 1.54) is 0 Å². The Hall–Kier alpha value is -1.07. The van der Waals surface area contributed by atoms with Gasteiger partial charge in [0.2, 0.25) is 0 Å². The molecule has 0 saturated carbocycles. The molecule has 18 heavy (non-hydrogen) atoms. The number of halogens is 1. The first-order valence-corrected chi connectivity index (χ1v) is 6.65. The molecule has 1 rings (SSSR count). The lowest BCUT2D eigenvalue weighted by molar-refractivity contribution is 0.0790. The Labute approximate surface area is 117 Å². The van der Waals surface area contributed by atoms with Crippen LogP contribution >= 0.6 is 15.9 Å². The van der Waals surface area contributed by atoms with E-state index in [-0.39, 0.29) is 5.91 Å². The van der Waals surface area contributed by atoms with Crippen molar-refractivity contribution in [3.8, 4) is 0 Å². The van der Waals surface area contributed by atoms with Crippen molar-refractivity contribution in [2.24, 2.45) is 0 Å². The second-order valence-electron chi connectivity index (χ2n) is 4.66. The number of rotatable bonds is 5. The van der Waals surface area contributed by atoms with Crippen molar-refractivity contribution in [3.05, 3.63) is 28.2 Å². The quantitative estimate of drug-likeness (QED) is 0.846. The molecule has 0 aromatic heterocycles. The molecule has 0 radical (unpaired) electrons. The van der Waals surface area contributed by atoms with Gasteiger partial charge in [-0.15, -0.1) is 0 Å². The lowest BCUT2D eigenvalue weighted by atomic mass is 10.2. The van der Waals surface area contributed by atoms with Crippen molar-refractivity contribution >= 4 is 27.5 Å². The number of benzene rings is 1. The van der Waals surface area contributed by atoms with Crippen molar-refractivity contribution in [3.63, 3.8) is 0 Å². The SMILES string of the molecule is CN(C)CCCN(C)C(=O)c1cc(N)cc(Br)c1. The van der Waals surface area contributed by atoms with Crippen LogP contribution in [0.2, 0.25) is 0 Å². The van der Waals surface area contributed by atoms with Crippen LogP contribution in [0.25, 0.3) is 0 Å². The second-order valence-corrected chi connectivity index (χ2v) is 5.57. The minimum atomic E-state index is 0.00163. The molecule has 0 bridgehead atoms. The number of anilines is 1. The molecule has 0 unspecified atom stereocenters. The topological polar surface area (TPSA) is 49.6 Å². The van der Waals surface area contributed by atoms with Gasteiger partial charge in [-0.25, -0.2) is 0 Å². The Balaban J connectivity index is 2.62. The molecule has 2 N–H and O–H groups in total. The van der Waals surface area contributed by atoms with Gasteiger partial charge >= 0.3 is 0 Å². The Bertz CT molecular complexity index is 400. The summed E-state index contributed by atoms with van der Waals surface area (Å²) >= 11 is 3.34. The zero-order valence-electron chi connectivity index (χ0n) is 11.1. The molecular weight excluding hydrogens is 294 g/mol. The van der Waals surface area contributed by atoms with Crippen molar-refractivity contribution < 1.29 is 4.79 Å². The zero-order chi connectivity index (χ0) is 13.7. The number of amides is 1. The first-order valence-electron chi connectivity index (χ1n) is 5.86. The van der Waals surface area contributed by atoms with E-state index in [0.717, 1.165) is 24.0 Å². The van der Waals surface area contributed by atoms with Gasteiger partial charge < -0.3 is 15.5 Å². The van der Waals surface area contributed by atoms with Gasteiger partial charge in [-0.1, -0.05) is 15.9 Å². The normalized spacial score (nSPS) is 10.7. The third-order valence-corrected chi connectivity index (χ3v) is 3.07. The molecule has 0 fully saturated rings. The number of nitrogen functional groups attached to an aromatic ring is 1. The van der Waals surface area contributed by atoms with Gasteiger partial charge in [0, 0.05) is 29.3 Å². The summed E-state index contributed by atoms with van der Waals surface area (Å²) in [6.07, 6.45) is 0.957. The molecule has 100 valence electrons. The van der Waals surface area contributed by atoms with Gasteiger partial charge in [0.05, 0.1) is 0 Å². The van der Waals surface area contributed by atoms with Gasteiger partial charge in [-0.2, -0.15) is 0 Å². The summed E-state index contributed by atoms with van der Waals surface area (Å²) in [7, 11) is 5.86. The van der Waals surface area contributed by atoms with E-state index < -0.39 is 0 Å². The summed E-state index contributed by atoms with van der Waals surface area (Å²) in [4.78, 5) is 16.0. The lowest BCUT2D eigenvalue weighted by Gasteiger charge is -2.19. The van der Waals surface area contributed by atoms with Crippen LogP contribution in [0.4, 0.5) is 5.69 Å². The average molecular weight is 314 g/mol. The van der Waals surface area contributed by atoms with E-state index in [4.69, 9.17) is 5.73 Å². The third-order valence-electron chi connectivity index (χ3n) is 2.61. The van der Waals surface area contributed by atoms with Crippen LogP contribution in [0.1, 0.15) is 16.8 Å². The van der Waals surface area contributed by atoms with Gasteiger partial charge in [0.1, 0.15) is 0 Å². The first-order chi connectivity index (χ1) is 8.40. The predicted molar refractivity (Wildman–Crippen MR) is 78.7 cm³/mol. The van der Waals surface area contributed by atoms with E-state index in [0.29, 0.717) is 11.3 Å². The highest BCUT2D eigenvalue weighted by atomic mass is 79.9. The summed E-state index contributed by atoms with van der Waals surface area (Å²) in [5.41, 5.74) is 6.94. The van der Waals surface area contributed by atoms with Crippen LogP contribution < -0.4 is 5.73 Å². The number of hydrogen-bond acceptors (Lipinski definition) is 3. The van der Waals surface area contributed by atoms with E-state index in [1.807, 2.05) is 21.1 Å². The Kier molecular flexibility index (Phi) is 5.62. The Morgan fingerprint density at radius 1 is 1.22 bits per heavy atom. The first kappa shape index (κ1) is 15.0. The van der Waals surface area contributed by atoms with Gasteiger partial charge in [-0.05, 0) is 45.3 Å². The van der Waals surface area contributed by atoms with Gasteiger partial charge in [0.15, 0.2) is 0 Å². The average Bonchev–Trinajstić information content (AvgIpc) is 2.26. The fourth-order valence-electron chi connectivity index (χ4n) is 1.68. The lowest BCUT2D eigenvalue weighted by Crippen LogP contribution is -2.29. The van der Waals surface area contributed by atoms with E-state index in [9.17, 15) is 4.79 Å². The molecule has 1 aromatic rings. The Morgan fingerprint density at radius 2 is 1.89 bits per heavy atom. The van der Waals surface area contributed by atoms with Crippen molar-refractivity contribution in [1.82, 2.24) is 9.80 Å². The van der Waals surface area contributed by atoms with E-state index in [2.05, 4.69) is 20.8 Å². The summed E-state index contributed by atoms with van der Waals surface area (Å²) in [6.45, 7) is 1.71. The minimum Gasteiger partial charge on any atom is -0.399 e. The van der Waals surface area contributed by atoms with Crippen LogP contribution in [0.3, 0.4) is 0 Å². The number of nitrogens with zero attached hydrogens (tertiary/aromatic N) is 2. The molecule has 0 heterocycles. The molecule has 1 amide bonds. The molecule has 0 spiro atoms. The maximum absolute atomic E-state index is 12.2. The van der Waals surface area contributed by atoms with Crippen LogP contribution in [0.5, 0.6) is 0 Å². The molecule has 0 atom stereocenters. The number of carbonyl (C=O) groups is 1. The molecule has 0 aliphatic rings. The standard InChI is InChI=1S/C13H20BrN3O/c1-16(2)5-4-6-17(3)13(18)10-7-11(14)9-12(15)8-10/h7-9H,4-6,15H2,1-3H3.